The average Bonchev–Trinajstić information content (AvgIpc) is 3.53. The van der Waals surface area contributed by atoms with Crippen LogP contribution in [0.1, 0.15) is 97.1 Å². The monoisotopic (exact) mass is 787 g/mol. The number of unbranched alkanes of at least 4 members (excludes halogenated alkanes) is 3. The second kappa shape index (κ2) is 16.3. The predicted octanol–water partition coefficient (Wildman–Crippen LogP) is 12.6. The van der Waals surface area contributed by atoms with Crippen LogP contribution in [0.4, 0.5) is 11.4 Å². The molecular formula is C49H56ClN2O3S+. The molecule has 0 radical (unpaired) electrons. The highest BCUT2D eigenvalue weighted by Gasteiger charge is 2.45. The van der Waals surface area contributed by atoms with Crippen molar-refractivity contribution in [2.75, 3.05) is 23.7 Å². The van der Waals surface area contributed by atoms with E-state index in [0.29, 0.717) is 19.4 Å². The summed E-state index contributed by atoms with van der Waals surface area (Å²) in [6.07, 6.45) is 20.7. The van der Waals surface area contributed by atoms with E-state index in [2.05, 4.69) is 153 Å². The maximum absolute atomic E-state index is 11.5. The zero-order chi connectivity index (χ0) is 39.7. The van der Waals surface area contributed by atoms with E-state index >= 15 is 0 Å². The molecule has 0 spiro atoms. The van der Waals surface area contributed by atoms with Crippen molar-refractivity contribution in [3.63, 3.8) is 0 Å². The van der Waals surface area contributed by atoms with Crippen LogP contribution >= 0.6 is 11.6 Å². The van der Waals surface area contributed by atoms with Crippen LogP contribution in [0.5, 0.6) is 0 Å². The van der Waals surface area contributed by atoms with Crippen LogP contribution in [-0.2, 0) is 20.9 Å². The molecule has 2 aliphatic heterocycles. The summed E-state index contributed by atoms with van der Waals surface area (Å²) in [5.41, 5.74) is 9.51. The first-order chi connectivity index (χ1) is 26.8. The Morgan fingerprint density at radius 2 is 1.46 bits per heavy atom. The molecule has 2 heterocycles. The van der Waals surface area contributed by atoms with Crippen molar-refractivity contribution in [3.8, 4) is 0 Å². The number of hydrogen-bond donors (Lipinski definition) is 1. The van der Waals surface area contributed by atoms with Crippen LogP contribution < -0.4 is 4.90 Å². The molecule has 4 aromatic carbocycles. The zero-order valence-electron chi connectivity index (χ0n) is 33.6. The lowest BCUT2D eigenvalue weighted by Crippen LogP contribution is -2.28. The largest absolute Gasteiger partial charge is 0.344 e. The number of allylic oxidation sites excluding steroid dienone is 10. The van der Waals surface area contributed by atoms with Crippen molar-refractivity contribution < 1.29 is 17.5 Å². The maximum atomic E-state index is 11.5. The second-order valence-electron chi connectivity index (χ2n) is 16.7. The molecule has 0 fully saturated rings. The lowest BCUT2D eigenvalue weighted by Gasteiger charge is -2.27. The summed E-state index contributed by atoms with van der Waals surface area (Å²) < 4.78 is 34.6. The lowest BCUT2D eigenvalue weighted by molar-refractivity contribution is -0.438. The maximum Gasteiger partial charge on any atom is 0.264 e. The number of benzene rings is 4. The van der Waals surface area contributed by atoms with Crippen molar-refractivity contribution in [3.05, 3.63) is 142 Å². The number of fused-ring (bicyclic) bond motifs is 6. The quantitative estimate of drug-likeness (QED) is 0.0833. The second-order valence-corrected chi connectivity index (χ2v) is 18.6. The summed E-state index contributed by atoms with van der Waals surface area (Å²) >= 11 is 7.21. The standard InChI is InChI=1S/C49H55ClN2O3S/c1-6-7-14-32-51-41-29-26-35-18-8-11-23-39(35)45(41)48(2,3)43(51)25-13-10-20-37-21-17-22-38(47(37)50)28-31-44-49(4,5)46-40-24-12-9-19-36(40)27-30-42(46)52(44)33-15-16-34-56(53,54)55/h8-13,18-20,23-31H,6-7,14-17,21-22,32-34H2,1-5H3/p+1. The Balaban J connectivity index is 1.18. The molecule has 4 aromatic rings. The van der Waals surface area contributed by atoms with Crippen molar-refractivity contribution in [2.45, 2.75) is 96.8 Å². The van der Waals surface area contributed by atoms with Crippen LogP contribution in [0.3, 0.4) is 0 Å². The number of halogens is 1. The van der Waals surface area contributed by atoms with Crippen LogP contribution in [0.2, 0.25) is 0 Å². The zero-order valence-corrected chi connectivity index (χ0v) is 35.2. The number of rotatable bonds is 13. The lowest BCUT2D eigenvalue weighted by atomic mass is 9.79. The third-order valence-corrected chi connectivity index (χ3v) is 13.4. The van der Waals surface area contributed by atoms with Crippen LogP contribution in [0, 0.1) is 0 Å². The molecule has 0 saturated carbocycles. The third kappa shape index (κ3) is 7.85. The van der Waals surface area contributed by atoms with Gasteiger partial charge in [0.2, 0.25) is 5.69 Å². The Hall–Kier alpha value is -4.23. The van der Waals surface area contributed by atoms with Gasteiger partial charge in [-0.1, -0.05) is 124 Å². The van der Waals surface area contributed by atoms with Crippen LogP contribution in [0.25, 0.3) is 21.5 Å². The Morgan fingerprint density at radius 1 is 0.786 bits per heavy atom. The Kier molecular flexibility index (Phi) is 11.7. The van der Waals surface area contributed by atoms with Gasteiger partial charge in [-0.25, -0.2) is 0 Å². The molecule has 1 aliphatic carbocycles. The van der Waals surface area contributed by atoms with E-state index in [4.69, 9.17) is 11.6 Å². The van der Waals surface area contributed by atoms with Gasteiger partial charge in [0.15, 0.2) is 5.71 Å². The van der Waals surface area contributed by atoms with Gasteiger partial charge in [0.05, 0.1) is 11.2 Å². The van der Waals surface area contributed by atoms with E-state index in [1.165, 1.54) is 56.9 Å². The summed E-state index contributed by atoms with van der Waals surface area (Å²) in [5.74, 6) is -0.233. The first kappa shape index (κ1) is 40.0. The predicted molar refractivity (Wildman–Crippen MR) is 237 cm³/mol. The molecule has 3 aliphatic rings. The molecule has 7 heteroatoms. The molecular weight excluding hydrogens is 732 g/mol. The molecule has 56 heavy (non-hydrogen) atoms. The van der Waals surface area contributed by atoms with Crippen molar-refractivity contribution in [2.24, 2.45) is 0 Å². The summed E-state index contributed by atoms with van der Waals surface area (Å²) in [6.45, 7) is 13.2. The van der Waals surface area contributed by atoms with Crippen molar-refractivity contribution in [1.82, 2.24) is 0 Å². The van der Waals surface area contributed by atoms with Gasteiger partial charge < -0.3 is 4.90 Å². The van der Waals surface area contributed by atoms with Gasteiger partial charge in [-0.3, -0.25) is 4.55 Å². The third-order valence-electron chi connectivity index (χ3n) is 12.1. The summed E-state index contributed by atoms with van der Waals surface area (Å²) in [6, 6.07) is 26.2. The molecule has 7 rings (SSSR count). The fourth-order valence-electron chi connectivity index (χ4n) is 9.33. The van der Waals surface area contributed by atoms with E-state index in [0.717, 1.165) is 59.8 Å². The normalized spacial score (nSPS) is 19.5. The van der Waals surface area contributed by atoms with Gasteiger partial charge in [0.1, 0.15) is 6.54 Å². The van der Waals surface area contributed by atoms with E-state index < -0.39 is 10.1 Å². The SMILES string of the molecule is CCCCCN1/C(=C/C=C/C=C2\CCCC(/C=C/C3=[N+](CCCCS(=O)(=O)O)c4ccc5ccccc5c4C3(C)C)=C2Cl)C(C)(C)c2c1ccc1ccccc21. The van der Waals surface area contributed by atoms with Crippen molar-refractivity contribution in [1.29, 1.82) is 0 Å². The fraction of sp³-hybridized carbons (Fsp3) is 0.367. The molecule has 0 unspecified atom stereocenters. The van der Waals surface area contributed by atoms with Crippen molar-refractivity contribution >= 4 is 60.4 Å². The van der Waals surface area contributed by atoms with Gasteiger partial charge in [0, 0.05) is 52.5 Å². The van der Waals surface area contributed by atoms with Crippen LogP contribution in [-0.4, -0.2) is 42.1 Å². The minimum Gasteiger partial charge on any atom is -0.344 e. The summed E-state index contributed by atoms with van der Waals surface area (Å²) in [5, 5.41) is 5.87. The number of anilines is 1. The molecule has 292 valence electrons. The fourth-order valence-corrected chi connectivity index (χ4v) is 10.2. The van der Waals surface area contributed by atoms with E-state index in [9.17, 15) is 13.0 Å². The summed E-state index contributed by atoms with van der Waals surface area (Å²) in [4.78, 5) is 2.55. The topological polar surface area (TPSA) is 60.6 Å². The van der Waals surface area contributed by atoms with Gasteiger partial charge >= 0.3 is 0 Å². The van der Waals surface area contributed by atoms with Gasteiger partial charge in [0.25, 0.3) is 10.1 Å². The van der Waals surface area contributed by atoms with Gasteiger partial charge in [-0.2, -0.15) is 13.0 Å². The Labute approximate surface area is 339 Å². The first-order valence-corrected chi connectivity index (χ1v) is 22.4. The number of hydrogen-bond acceptors (Lipinski definition) is 3. The molecule has 0 atom stereocenters. The van der Waals surface area contributed by atoms with Gasteiger partial charge in [-0.05, 0) is 102 Å². The molecule has 0 saturated heterocycles. The minimum absolute atomic E-state index is 0.137. The smallest absolute Gasteiger partial charge is 0.264 e. The molecule has 0 bridgehead atoms. The van der Waals surface area contributed by atoms with E-state index in [1.54, 1.807) is 0 Å². The highest BCUT2D eigenvalue weighted by atomic mass is 35.5. The highest BCUT2D eigenvalue weighted by molar-refractivity contribution is 7.85. The van der Waals surface area contributed by atoms with E-state index in [-0.39, 0.29) is 16.6 Å². The molecule has 5 nitrogen and oxygen atoms in total. The Morgan fingerprint density at radius 3 is 2.18 bits per heavy atom. The van der Waals surface area contributed by atoms with Gasteiger partial charge in [-0.15, -0.1) is 0 Å². The minimum atomic E-state index is -4.00. The molecule has 0 aromatic heterocycles. The average molecular weight is 789 g/mol. The molecule has 0 amide bonds. The number of nitrogens with zero attached hydrogens (tertiary/aromatic N) is 2. The molecule has 1 N–H and O–H groups in total. The first-order valence-electron chi connectivity index (χ1n) is 20.4. The van der Waals surface area contributed by atoms with Crippen LogP contribution in [0.15, 0.2) is 131 Å². The summed E-state index contributed by atoms with van der Waals surface area (Å²) in [7, 11) is -4.00. The highest BCUT2D eigenvalue weighted by Crippen LogP contribution is 2.51. The van der Waals surface area contributed by atoms with E-state index in [1.807, 2.05) is 0 Å². The Bertz CT molecular complexity index is 2460.